The molecule has 0 aliphatic rings. The van der Waals surface area contributed by atoms with E-state index in [0.29, 0.717) is 5.92 Å². The molecule has 0 spiro atoms. The molecule has 0 aliphatic heterocycles. The molecule has 0 fully saturated rings. The zero-order valence-corrected chi connectivity index (χ0v) is 12.8. The first-order valence-electron chi connectivity index (χ1n) is 6.85. The molecule has 0 bridgehead atoms. The van der Waals surface area contributed by atoms with Gasteiger partial charge in [-0.25, -0.2) is 0 Å². The van der Waals surface area contributed by atoms with Crippen molar-refractivity contribution in [2.24, 2.45) is 5.92 Å². The van der Waals surface area contributed by atoms with Gasteiger partial charge in [0.05, 0.1) is 0 Å². The second-order valence-electron chi connectivity index (χ2n) is 5.62. The molecule has 1 aromatic carbocycles. The highest BCUT2D eigenvalue weighted by Crippen LogP contribution is 2.17. The zero-order chi connectivity index (χ0) is 14.6. The van der Waals surface area contributed by atoms with Crippen LogP contribution in [0.25, 0.3) is 0 Å². The average molecular weight is 263 g/mol. The fraction of sp³-hybridized carbons (Fsp3) is 0.562. The third-order valence-electron chi connectivity index (χ3n) is 3.25. The molecule has 0 radical (unpaired) electrons. The minimum atomic E-state index is -0.484. The fourth-order valence-electron chi connectivity index (χ4n) is 1.77. The molecule has 0 unspecified atom stereocenters. The molecular formula is C16H25NO2. The molecule has 0 heterocycles. The Labute approximate surface area is 116 Å². The van der Waals surface area contributed by atoms with Crippen molar-refractivity contribution in [3.8, 4) is 5.75 Å². The minimum absolute atomic E-state index is 0.0691. The van der Waals surface area contributed by atoms with Crippen molar-refractivity contribution in [1.29, 1.82) is 0 Å². The summed E-state index contributed by atoms with van der Waals surface area (Å²) in [5.41, 5.74) is 2.27. The molecule has 1 aromatic rings. The van der Waals surface area contributed by atoms with Gasteiger partial charge in [0.25, 0.3) is 5.91 Å². The number of carbonyl (C=O) groups excluding carboxylic acids is 1. The van der Waals surface area contributed by atoms with Crippen LogP contribution in [0.4, 0.5) is 0 Å². The van der Waals surface area contributed by atoms with E-state index in [4.69, 9.17) is 4.74 Å². The van der Waals surface area contributed by atoms with E-state index in [-0.39, 0.29) is 11.9 Å². The molecule has 106 valence electrons. The Hall–Kier alpha value is -1.51. The summed E-state index contributed by atoms with van der Waals surface area (Å²) in [6.07, 6.45) is -0.484. The largest absolute Gasteiger partial charge is 0.481 e. The summed E-state index contributed by atoms with van der Waals surface area (Å²) in [6.45, 7) is 12.0. The lowest BCUT2D eigenvalue weighted by Gasteiger charge is -2.21. The van der Waals surface area contributed by atoms with Crippen molar-refractivity contribution in [2.75, 3.05) is 0 Å². The molecule has 2 atom stereocenters. The molecule has 0 aliphatic carbocycles. The van der Waals surface area contributed by atoms with Crippen molar-refractivity contribution < 1.29 is 9.53 Å². The predicted molar refractivity (Wildman–Crippen MR) is 78.4 cm³/mol. The van der Waals surface area contributed by atoms with E-state index in [1.807, 2.05) is 32.9 Å². The molecule has 0 saturated carbocycles. The Morgan fingerprint density at radius 1 is 1.05 bits per heavy atom. The molecule has 0 aromatic heterocycles. The molecule has 1 rings (SSSR count). The van der Waals surface area contributed by atoms with Crippen LogP contribution in [0.1, 0.15) is 38.8 Å². The van der Waals surface area contributed by atoms with Crippen molar-refractivity contribution in [3.63, 3.8) is 0 Å². The van der Waals surface area contributed by atoms with Gasteiger partial charge in [-0.2, -0.15) is 0 Å². The highest BCUT2D eigenvalue weighted by Gasteiger charge is 2.18. The maximum absolute atomic E-state index is 12.0. The maximum Gasteiger partial charge on any atom is 0.260 e. The second-order valence-corrected chi connectivity index (χ2v) is 5.62. The van der Waals surface area contributed by atoms with Gasteiger partial charge in [-0.1, -0.05) is 19.9 Å². The van der Waals surface area contributed by atoms with Gasteiger partial charge in [-0.3, -0.25) is 4.79 Å². The van der Waals surface area contributed by atoms with E-state index in [2.05, 4.69) is 25.2 Å². The molecule has 19 heavy (non-hydrogen) atoms. The molecule has 1 amide bonds. The third-order valence-corrected chi connectivity index (χ3v) is 3.25. The van der Waals surface area contributed by atoms with Crippen molar-refractivity contribution in [2.45, 2.75) is 53.7 Å². The molecule has 3 heteroatoms. The van der Waals surface area contributed by atoms with Gasteiger partial charge < -0.3 is 10.1 Å². The van der Waals surface area contributed by atoms with Gasteiger partial charge in [0, 0.05) is 6.04 Å². The maximum atomic E-state index is 12.0. The minimum Gasteiger partial charge on any atom is -0.481 e. The molecule has 0 saturated heterocycles. The number of carbonyl (C=O) groups is 1. The lowest BCUT2D eigenvalue weighted by Crippen LogP contribution is -2.43. The van der Waals surface area contributed by atoms with Gasteiger partial charge in [-0.05, 0) is 56.9 Å². The Bertz CT molecular complexity index is 420. The summed E-state index contributed by atoms with van der Waals surface area (Å²) in [4.78, 5) is 12.0. The summed E-state index contributed by atoms with van der Waals surface area (Å²) in [5, 5.41) is 2.96. The van der Waals surface area contributed by atoms with Crippen LogP contribution >= 0.6 is 0 Å². The number of hydrogen-bond acceptors (Lipinski definition) is 2. The number of benzene rings is 1. The summed E-state index contributed by atoms with van der Waals surface area (Å²) in [6, 6.07) is 6.13. The number of rotatable bonds is 5. The van der Waals surface area contributed by atoms with Crippen LogP contribution in [0, 0.1) is 19.8 Å². The summed E-state index contributed by atoms with van der Waals surface area (Å²) < 4.78 is 5.71. The predicted octanol–water partition coefficient (Wildman–Crippen LogP) is 3.23. The normalized spacial score (nSPS) is 14.1. The van der Waals surface area contributed by atoms with E-state index in [1.165, 1.54) is 0 Å². The van der Waals surface area contributed by atoms with Gasteiger partial charge in [0.2, 0.25) is 0 Å². The molecule has 3 nitrogen and oxygen atoms in total. The smallest absolute Gasteiger partial charge is 0.260 e. The summed E-state index contributed by atoms with van der Waals surface area (Å²) in [7, 11) is 0. The summed E-state index contributed by atoms with van der Waals surface area (Å²) >= 11 is 0. The van der Waals surface area contributed by atoms with Crippen molar-refractivity contribution in [1.82, 2.24) is 5.32 Å². The Balaban J connectivity index is 2.63. The fourth-order valence-corrected chi connectivity index (χ4v) is 1.77. The molecule has 1 N–H and O–H groups in total. The van der Waals surface area contributed by atoms with E-state index < -0.39 is 6.10 Å². The van der Waals surface area contributed by atoms with E-state index >= 15 is 0 Å². The molecular weight excluding hydrogens is 238 g/mol. The van der Waals surface area contributed by atoms with Crippen LogP contribution < -0.4 is 10.1 Å². The highest BCUT2D eigenvalue weighted by atomic mass is 16.5. The van der Waals surface area contributed by atoms with E-state index in [0.717, 1.165) is 16.9 Å². The Morgan fingerprint density at radius 3 is 2.05 bits per heavy atom. The first-order valence-corrected chi connectivity index (χ1v) is 6.85. The topological polar surface area (TPSA) is 38.3 Å². The Morgan fingerprint density at radius 2 is 1.58 bits per heavy atom. The quantitative estimate of drug-likeness (QED) is 0.885. The van der Waals surface area contributed by atoms with Gasteiger partial charge >= 0.3 is 0 Å². The average Bonchev–Trinajstić information content (AvgIpc) is 2.26. The SMILES string of the molecule is Cc1cc(C)cc(O[C@H](C)C(=O)N[C@@H](C)C(C)C)c1. The Kier molecular flexibility index (Phi) is 5.40. The van der Waals surface area contributed by atoms with Crippen LogP contribution in [-0.2, 0) is 4.79 Å². The van der Waals surface area contributed by atoms with Gasteiger partial charge in [0.1, 0.15) is 5.75 Å². The van der Waals surface area contributed by atoms with Gasteiger partial charge in [-0.15, -0.1) is 0 Å². The van der Waals surface area contributed by atoms with E-state index in [9.17, 15) is 4.79 Å². The zero-order valence-electron chi connectivity index (χ0n) is 12.8. The van der Waals surface area contributed by atoms with E-state index in [1.54, 1.807) is 6.92 Å². The van der Waals surface area contributed by atoms with Gasteiger partial charge in [0.15, 0.2) is 6.10 Å². The lowest BCUT2D eigenvalue weighted by atomic mass is 10.1. The first-order chi connectivity index (χ1) is 8.79. The number of amides is 1. The first kappa shape index (κ1) is 15.5. The standard InChI is InChI=1S/C16H25NO2/c1-10(2)13(5)17-16(18)14(6)19-15-8-11(3)7-12(4)9-15/h7-10,13-14H,1-6H3,(H,17,18)/t13-,14+/m0/s1. The van der Waals surface area contributed by atoms with Crippen LogP contribution in [-0.4, -0.2) is 18.1 Å². The number of aryl methyl sites for hydroxylation is 2. The summed E-state index contributed by atoms with van der Waals surface area (Å²) in [5.74, 6) is 1.09. The van der Waals surface area contributed by atoms with Crippen molar-refractivity contribution >= 4 is 5.91 Å². The highest BCUT2D eigenvalue weighted by molar-refractivity contribution is 5.81. The monoisotopic (exact) mass is 263 g/mol. The van der Waals surface area contributed by atoms with Crippen LogP contribution in [0.2, 0.25) is 0 Å². The van der Waals surface area contributed by atoms with Crippen LogP contribution in [0.3, 0.4) is 0 Å². The number of ether oxygens (including phenoxy) is 1. The lowest BCUT2D eigenvalue weighted by molar-refractivity contribution is -0.128. The van der Waals surface area contributed by atoms with Crippen molar-refractivity contribution in [3.05, 3.63) is 29.3 Å². The van der Waals surface area contributed by atoms with Crippen LogP contribution in [0.15, 0.2) is 18.2 Å². The number of nitrogens with one attached hydrogen (secondary N) is 1. The second kappa shape index (κ2) is 6.60. The number of hydrogen-bond donors (Lipinski definition) is 1. The third kappa shape index (κ3) is 4.93. The van der Waals surface area contributed by atoms with Crippen LogP contribution in [0.5, 0.6) is 5.75 Å².